The first-order chi connectivity index (χ1) is 8.49. The van der Waals surface area contributed by atoms with Gasteiger partial charge >= 0.3 is 0 Å². The normalized spacial score (nSPS) is 10.5. The monoisotopic (exact) mass is 253 g/mol. The van der Waals surface area contributed by atoms with Gasteiger partial charge < -0.3 is 4.74 Å². The highest BCUT2D eigenvalue weighted by molar-refractivity contribution is 5.34. The van der Waals surface area contributed by atoms with E-state index >= 15 is 0 Å². The lowest BCUT2D eigenvalue weighted by molar-refractivity contribution is 0.385. The fourth-order valence-electron chi connectivity index (χ4n) is 1.39. The van der Waals surface area contributed by atoms with E-state index in [1.165, 1.54) is 6.92 Å². The largest absolute Gasteiger partial charge is 0.439 e. The van der Waals surface area contributed by atoms with Crippen LogP contribution in [0.2, 0.25) is 0 Å². The van der Waals surface area contributed by atoms with E-state index in [9.17, 15) is 13.2 Å². The molecule has 0 amide bonds. The highest BCUT2D eigenvalue weighted by Gasteiger charge is 2.18. The zero-order valence-electron chi connectivity index (χ0n) is 9.80. The topological polar surface area (TPSA) is 22.1 Å². The van der Waals surface area contributed by atoms with Crippen LogP contribution in [0.4, 0.5) is 13.2 Å². The van der Waals surface area contributed by atoms with E-state index in [1.54, 1.807) is 24.3 Å². The van der Waals surface area contributed by atoms with Crippen molar-refractivity contribution in [2.75, 3.05) is 0 Å². The number of pyridine rings is 1. The maximum Gasteiger partial charge on any atom is 0.255 e. The molecule has 1 heterocycles. The highest BCUT2D eigenvalue weighted by Crippen LogP contribution is 2.26. The summed E-state index contributed by atoms with van der Waals surface area (Å²) in [5, 5.41) is 0. The smallest absolute Gasteiger partial charge is 0.255 e. The van der Waals surface area contributed by atoms with Crippen molar-refractivity contribution < 1.29 is 17.9 Å². The Morgan fingerprint density at radius 2 is 1.56 bits per heavy atom. The van der Waals surface area contributed by atoms with Gasteiger partial charge in [0.2, 0.25) is 11.7 Å². The SMILES string of the molecule is Cc1ccc(Oc2nc(F)c(F)c(F)c2C)cc1. The van der Waals surface area contributed by atoms with Crippen LogP contribution in [0.1, 0.15) is 11.1 Å². The Morgan fingerprint density at radius 3 is 2.17 bits per heavy atom. The standard InChI is InChI=1S/C13H10F3NO/c1-7-3-5-9(6-4-7)18-13-8(2)10(14)11(15)12(16)17-13/h3-6H,1-2H3. The molecule has 1 aromatic heterocycles. The number of nitrogens with zero attached hydrogens (tertiary/aromatic N) is 1. The average Bonchev–Trinajstić information content (AvgIpc) is 2.36. The van der Waals surface area contributed by atoms with Crippen LogP contribution in [0, 0.1) is 31.4 Å². The van der Waals surface area contributed by atoms with E-state index in [1.807, 2.05) is 6.92 Å². The Balaban J connectivity index is 2.38. The Hall–Kier alpha value is -2.04. The van der Waals surface area contributed by atoms with Crippen molar-refractivity contribution in [2.45, 2.75) is 13.8 Å². The Labute approximate surface area is 102 Å². The van der Waals surface area contributed by atoms with Gasteiger partial charge in [-0.1, -0.05) is 17.7 Å². The maximum atomic E-state index is 13.3. The molecule has 0 saturated heterocycles. The summed E-state index contributed by atoms with van der Waals surface area (Å²) in [4.78, 5) is 3.25. The summed E-state index contributed by atoms with van der Waals surface area (Å²) in [6, 6.07) is 6.83. The molecule has 0 spiro atoms. The number of rotatable bonds is 2. The number of ether oxygens (including phenoxy) is 1. The number of aryl methyl sites for hydroxylation is 1. The number of hydrogen-bond acceptors (Lipinski definition) is 2. The minimum atomic E-state index is -1.59. The Kier molecular flexibility index (Phi) is 3.23. The van der Waals surface area contributed by atoms with Crippen LogP contribution < -0.4 is 4.74 Å². The second-order valence-electron chi connectivity index (χ2n) is 3.88. The van der Waals surface area contributed by atoms with Crippen molar-refractivity contribution in [3.63, 3.8) is 0 Å². The first-order valence-corrected chi connectivity index (χ1v) is 5.24. The summed E-state index contributed by atoms with van der Waals surface area (Å²) in [6.45, 7) is 3.17. The quantitative estimate of drug-likeness (QED) is 0.757. The van der Waals surface area contributed by atoms with E-state index in [0.29, 0.717) is 5.75 Å². The van der Waals surface area contributed by atoms with Gasteiger partial charge in [-0.3, -0.25) is 0 Å². The summed E-state index contributed by atoms with van der Waals surface area (Å²) in [5.74, 6) is -4.30. The van der Waals surface area contributed by atoms with Gasteiger partial charge in [0, 0.05) is 0 Å². The number of aromatic nitrogens is 1. The van der Waals surface area contributed by atoms with Crippen LogP contribution in [0.25, 0.3) is 0 Å². The van der Waals surface area contributed by atoms with Crippen molar-refractivity contribution in [1.82, 2.24) is 4.98 Å². The van der Waals surface area contributed by atoms with E-state index < -0.39 is 17.6 Å². The van der Waals surface area contributed by atoms with Gasteiger partial charge in [-0.05, 0) is 26.0 Å². The highest BCUT2D eigenvalue weighted by atomic mass is 19.2. The van der Waals surface area contributed by atoms with Crippen LogP contribution in [-0.4, -0.2) is 4.98 Å². The fourth-order valence-corrected chi connectivity index (χ4v) is 1.39. The molecule has 0 unspecified atom stereocenters. The van der Waals surface area contributed by atoms with Crippen molar-refractivity contribution in [2.24, 2.45) is 0 Å². The summed E-state index contributed by atoms with van der Waals surface area (Å²) < 4.78 is 44.4. The molecule has 2 rings (SSSR count). The molecule has 0 atom stereocenters. The first-order valence-electron chi connectivity index (χ1n) is 5.24. The molecule has 0 bridgehead atoms. The van der Waals surface area contributed by atoms with E-state index in [2.05, 4.69) is 4.98 Å². The second kappa shape index (κ2) is 4.68. The molecular formula is C13H10F3NO. The maximum absolute atomic E-state index is 13.3. The van der Waals surface area contributed by atoms with Crippen LogP contribution >= 0.6 is 0 Å². The third-order valence-electron chi connectivity index (χ3n) is 2.46. The lowest BCUT2D eigenvalue weighted by Crippen LogP contribution is -2.02. The molecule has 0 aliphatic heterocycles. The number of benzene rings is 1. The molecule has 0 radical (unpaired) electrons. The molecule has 0 N–H and O–H groups in total. The summed E-state index contributed by atoms with van der Waals surface area (Å²) in [7, 11) is 0. The predicted octanol–water partition coefficient (Wildman–Crippen LogP) is 3.91. The number of hydrogen-bond donors (Lipinski definition) is 0. The van der Waals surface area contributed by atoms with Crippen LogP contribution in [-0.2, 0) is 0 Å². The molecule has 2 nitrogen and oxygen atoms in total. The zero-order valence-corrected chi connectivity index (χ0v) is 9.80. The van der Waals surface area contributed by atoms with Gasteiger partial charge in [0.25, 0.3) is 5.95 Å². The zero-order chi connectivity index (χ0) is 13.3. The lowest BCUT2D eigenvalue weighted by atomic mass is 10.2. The third kappa shape index (κ3) is 2.30. The van der Waals surface area contributed by atoms with Crippen LogP contribution in [0.3, 0.4) is 0 Å². The van der Waals surface area contributed by atoms with Gasteiger partial charge in [-0.2, -0.15) is 13.8 Å². The minimum absolute atomic E-state index is 0.172. The summed E-state index contributed by atoms with van der Waals surface area (Å²) >= 11 is 0. The average molecular weight is 253 g/mol. The van der Waals surface area contributed by atoms with E-state index in [0.717, 1.165) is 5.56 Å². The molecule has 94 valence electrons. The van der Waals surface area contributed by atoms with Crippen molar-refractivity contribution in [3.8, 4) is 11.6 Å². The fraction of sp³-hybridized carbons (Fsp3) is 0.154. The predicted molar refractivity (Wildman–Crippen MR) is 60.1 cm³/mol. The lowest BCUT2D eigenvalue weighted by Gasteiger charge is -2.09. The van der Waals surface area contributed by atoms with Crippen LogP contribution in [0.5, 0.6) is 11.6 Å². The van der Waals surface area contributed by atoms with E-state index in [-0.39, 0.29) is 11.4 Å². The molecule has 2 aromatic rings. The van der Waals surface area contributed by atoms with E-state index in [4.69, 9.17) is 4.74 Å². The second-order valence-corrected chi connectivity index (χ2v) is 3.88. The van der Waals surface area contributed by atoms with Crippen molar-refractivity contribution in [1.29, 1.82) is 0 Å². The summed E-state index contributed by atoms with van der Waals surface area (Å²) in [6.07, 6.45) is 0. The molecule has 18 heavy (non-hydrogen) atoms. The van der Waals surface area contributed by atoms with Crippen molar-refractivity contribution in [3.05, 3.63) is 53.0 Å². The first kappa shape index (κ1) is 12.4. The molecule has 0 fully saturated rings. The van der Waals surface area contributed by atoms with Gasteiger partial charge in [0.15, 0.2) is 5.82 Å². The van der Waals surface area contributed by atoms with Gasteiger partial charge in [-0.25, -0.2) is 4.39 Å². The van der Waals surface area contributed by atoms with Gasteiger partial charge in [0.1, 0.15) is 5.75 Å². The Bertz CT molecular complexity index is 582. The molecule has 1 aromatic carbocycles. The molecule has 5 heteroatoms. The third-order valence-corrected chi connectivity index (χ3v) is 2.46. The van der Waals surface area contributed by atoms with Crippen LogP contribution in [0.15, 0.2) is 24.3 Å². The molecular weight excluding hydrogens is 243 g/mol. The molecule has 0 aliphatic rings. The van der Waals surface area contributed by atoms with Crippen molar-refractivity contribution >= 4 is 0 Å². The summed E-state index contributed by atoms with van der Waals surface area (Å²) in [5.41, 5.74) is 0.845. The molecule has 0 saturated carbocycles. The van der Waals surface area contributed by atoms with Gasteiger partial charge in [0.05, 0.1) is 5.56 Å². The number of halogens is 3. The minimum Gasteiger partial charge on any atom is -0.439 e. The van der Waals surface area contributed by atoms with Gasteiger partial charge in [-0.15, -0.1) is 0 Å². The molecule has 0 aliphatic carbocycles. The Morgan fingerprint density at radius 1 is 0.944 bits per heavy atom.